The lowest BCUT2D eigenvalue weighted by Gasteiger charge is -2.16. The molecule has 0 aliphatic heterocycles. The minimum absolute atomic E-state index is 0.278. The molecule has 1 heterocycles. The highest BCUT2D eigenvalue weighted by Gasteiger charge is 2.18. The maximum atomic E-state index is 13.3. The van der Waals surface area contributed by atoms with Crippen LogP contribution in [-0.4, -0.2) is 39.7 Å². The monoisotopic (exact) mass is 535 g/mol. The van der Waals surface area contributed by atoms with Gasteiger partial charge in [0, 0.05) is 15.6 Å². The number of aliphatic carboxylic acids is 1. The van der Waals surface area contributed by atoms with Crippen LogP contribution in [0, 0.1) is 0 Å². The van der Waals surface area contributed by atoms with Crippen molar-refractivity contribution >= 4 is 39.0 Å². The smallest absolute Gasteiger partial charge is 0.344 e. The van der Waals surface area contributed by atoms with Gasteiger partial charge in [-0.3, -0.25) is 4.79 Å². The zero-order valence-corrected chi connectivity index (χ0v) is 20.6. The molecule has 8 nitrogen and oxygen atoms in total. The second-order valence-electron chi connectivity index (χ2n) is 7.53. The van der Waals surface area contributed by atoms with Gasteiger partial charge in [0.2, 0.25) is 0 Å². The minimum Gasteiger partial charge on any atom is -0.490 e. The van der Waals surface area contributed by atoms with Gasteiger partial charge in [-0.05, 0) is 54.0 Å². The highest BCUT2D eigenvalue weighted by atomic mass is 79.9. The summed E-state index contributed by atoms with van der Waals surface area (Å²) in [5.74, 6) is -0.0504. The van der Waals surface area contributed by atoms with Crippen molar-refractivity contribution in [2.45, 2.75) is 20.0 Å². The summed E-state index contributed by atoms with van der Waals surface area (Å²) in [6, 6.07) is 19.7. The van der Waals surface area contributed by atoms with Crippen molar-refractivity contribution in [3.8, 4) is 22.9 Å². The van der Waals surface area contributed by atoms with Gasteiger partial charge in [-0.25, -0.2) is 9.78 Å². The number of fused-ring (bicyclic) bond motifs is 1. The lowest BCUT2D eigenvalue weighted by atomic mass is 10.2. The van der Waals surface area contributed by atoms with Crippen LogP contribution in [0.5, 0.6) is 11.5 Å². The summed E-state index contributed by atoms with van der Waals surface area (Å²) >= 11 is 3.48. The summed E-state index contributed by atoms with van der Waals surface area (Å²) in [6.45, 7) is 3.60. The number of carbonyl (C=O) groups is 1. The first kappa shape index (κ1) is 24.2. The normalized spacial score (nSPS) is 12.1. The summed E-state index contributed by atoms with van der Waals surface area (Å²) in [7, 11) is 0. The number of halogens is 1. The number of carboxylic acid groups (broad SMARTS) is 1. The van der Waals surface area contributed by atoms with E-state index in [1.165, 1.54) is 17.8 Å². The Labute approximate surface area is 209 Å². The summed E-state index contributed by atoms with van der Waals surface area (Å²) < 4.78 is 13.0. The summed E-state index contributed by atoms with van der Waals surface area (Å²) in [5, 5.41) is 14.1. The van der Waals surface area contributed by atoms with Crippen LogP contribution >= 0.6 is 15.9 Å². The van der Waals surface area contributed by atoms with E-state index < -0.39 is 12.1 Å². The number of carboxylic acids is 1. The fraction of sp³-hybridized carbons (Fsp3) is 0.154. The van der Waals surface area contributed by atoms with Gasteiger partial charge in [-0.15, -0.1) is 0 Å². The van der Waals surface area contributed by atoms with Gasteiger partial charge in [0.25, 0.3) is 5.56 Å². The molecular formula is C26H22BrN3O5. The fourth-order valence-corrected chi connectivity index (χ4v) is 3.80. The lowest BCUT2D eigenvalue weighted by Crippen LogP contribution is -2.23. The number of ether oxygens (including phenoxy) is 2. The van der Waals surface area contributed by atoms with Gasteiger partial charge in [0.1, 0.15) is 0 Å². The summed E-state index contributed by atoms with van der Waals surface area (Å²) in [6.07, 6.45) is 0.456. The topological polar surface area (TPSA) is 103 Å². The van der Waals surface area contributed by atoms with Crippen LogP contribution in [0.4, 0.5) is 0 Å². The molecule has 4 rings (SSSR count). The predicted molar refractivity (Wildman–Crippen MR) is 137 cm³/mol. The van der Waals surface area contributed by atoms with Gasteiger partial charge in [-0.1, -0.05) is 42.5 Å². The van der Waals surface area contributed by atoms with Crippen molar-refractivity contribution in [2.24, 2.45) is 5.10 Å². The Morgan fingerprint density at radius 1 is 1.14 bits per heavy atom. The Bertz CT molecular complexity index is 1470. The molecule has 0 aliphatic rings. The molecule has 0 aliphatic carbocycles. The molecule has 4 aromatic rings. The highest BCUT2D eigenvalue weighted by Crippen LogP contribution is 2.34. The average Bonchev–Trinajstić information content (AvgIpc) is 2.86. The van der Waals surface area contributed by atoms with E-state index in [9.17, 15) is 14.7 Å². The van der Waals surface area contributed by atoms with Crippen LogP contribution < -0.4 is 15.0 Å². The van der Waals surface area contributed by atoms with Crippen LogP contribution in [0.25, 0.3) is 22.3 Å². The molecular weight excluding hydrogens is 514 g/mol. The summed E-state index contributed by atoms with van der Waals surface area (Å²) in [5.41, 5.74) is 1.62. The molecule has 3 aromatic carbocycles. The fourth-order valence-electron chi connectivity index (χ4n) is 3.38. The maximum absolute atomic E-state index is 13.3. The molecule has 1 N–H and O–H groups in total. The Kier molecular flexibility index (Phi) is 7.26. The first-order valence-electron chi connectivity index (χ1n) is 10.9. The molecule has 0 amide bonds. The highest BCUT2D eigenvalue weighted by molar-refractivity contribution is 9.10. The maximum Gasteiger partial charge on any atom is 0.344 e. The third-order valence-corrected chi connectivity index (χ3v) is 5.80. The molecule has 0 fully saturated rings. The molecule has 0 spiro atoms. The molecule has 1 aromatic heterocycles. The van der Waals surface area contributed by atoms with E-state index in [4.69, 9.17) is 9.47 Å². The van der Waals surface area contributed by atoms with E-state index in [0.717, 1.165) is 5.56 Å². The van der Waals surface area contributed by atoms with Crippen molar-refractivity contribution in [2.75, 3.05) is 6.61 Å². The third-order valence-electron chi connectivity index (χ3n) is 5.11. The van der Waals surface area contributed by atoms with E-state index in [-0.39, 0.29) is 11.3 Å². The van der Waals surface area contributed by atoms with Crippen molar-refractivity contribution in [1.29, 1.82) is 0 Å². The SMILES string of the molecule is CCOc1cc(C=Nn2c(-c3ccccc3)nc3ccccc3c2=O)c(Br)cc1O[C@@H](C)C(=O)O. The third kappa shape index (κ3) is 5.25. The largest absolute Gasteiger partial charge is 0.490 e. The molecule has 0 saturated carbocycles. The molecule has 9 heteroatoms. The van der Waals surface area contributed by atoms with Gasteiger partial charge in [0.15, 0.2) is 23.4 Å². The number of aromatic nitrogens is 2. The Morgan fingerprint density at radius 3 is 2.57 bits per heavy atom. The minimum atomic E-state index is -1.09. The second-order valence-corrected chi connectivity index (χ2v) is 8.39. The van der Waals surface area contributed by atoms with Crippen LogP contribution in [-0.2, 0) is 4.79 Å². The number of benzene rings is 3. The Morgan fingerprint density at radius 2 is 1.86 bits per heavy atom. The van der Waals surface area contributed by atoms with Crippen molar-refractivity contribution in [1.82, 2.24) is 9.66 Å². The number of nitrogens with zero attached hydrogens (tertiary/aromatic N) is 3. The Hall–Kier alpha value is -3.98. The zero-order valence-electron chi connectivity index (χ0n) is 19.0. The van der Waals surface area contributed by atoms with Crippen LogP contribution in [0.1, 0.15) is 19.4 Å². The van der Waals surface area contributed by atoms with Gasteiger partial charge < -0.3 is 14.6 Å². The molecule has 0 radical (unpaired) electrons. The molecule has 0 bridgehead atoms. The van der Waals surface area contributed by atoms with E-state index in [1.54, 1.807) is 30.3 Å². The van der Waals surface area contributed by atoms with Crippen molar-refractivity contribution in [3.05, 3.63) is 87.1 Å². The van der Waals surface area contributed by atoms with Gasteiger partial charge in [0.05, 0.1) is 23.7 Å². The number of hydrogen-bond donors (Lipinski definition) is 1. The van der Waals surface area contributed by atoms with Crippen LogP contribution in [0.2, 0.25) is 0 Å². The van der Waals surface area contributed by atoms with Crippen LogP contribution in [0.3, 0.4) is 0 Å². The van der Waals surface area contributed by atoms with E-state index >= 15 is 0 Å². The number of hydrogen-bond acceptors (Lipinski definition) is 6. The first-order valence-corrected chi connectivity index (χ1v) is 11.7. The van der Waals surface area contributed by atoms with E-state index in [1.807, 2.05) is 43.3 Å². The average molecular weight is 536 g/mol. The molecule has 178 valence electrons. The first-order chi connectivity index (χ1) is 16.9. The quantitative estimate of drug-likeness (QED) is 0.320. The standard InChI is InChI=1S/C26H22BrN3O5/c1-3-34-22-13-18(20(27)14-23(22)35-16(2)26(32)33)15-28-30-24(17-9-5-4-6-10-17)29-21-12-8-7-11-19(21)25(30)31/h4-16H,3H2,1-2H3,(H,32,33)/t16-/m0/s1. The molecule has 1 atom stereocenters. The Balaban J connectivity index is 1.82. The van der Waals surface area contributed by atoms with Crippen molar-refractivity contribution in [3.63, 3.8) is 0 Å². The van der Waals surface area contributed by atoms with E-state index in [2.05, 4.69) is 26.0 Å². The van der Waals surface area contributed by atoms with Gasteiger partial charge >= 0.3 is 5.97 Å². The molecule has 0 saturated heterocycles. The van der Waals surface area contributed by atoms with Crippen LogP contribution in [0.15, 0.2) is 81.1 Å². The van der Waals surface area contributed by atoms with E-state index in [0.29, 0.717) is 39.1 Å². The zero-order chi connectivity index (χ0) is 24.9. The molecule has 0 unspecified atom stereocenters. The summed E-state index contributed by atoms with van der Waals surface area (Å²) in [4.78, 5) is 29.2. The molecule has 35 heavy (non-hydrogen) atoms. The number of rotatable bonds is 8. The predicted octanol–water partition coefficient (Wildman–Crippen LogP) is 4.96. The number of para-hydroxylation sites is 1. The van der Waals surface area contributed by atoms with Crippen molar-refractivity contribution < 1.29 is 19.4 Å². The second kappa shape index (κ2) is 10.5. The lowest BCUT2D eigenvalue weighted by molar-refractivity contribution is -0.144. The van der Waals surface area contributed by atoms with Gasteiger partial charge in [-0.2, -0.15) is 9.78 Å².